The van der Waals surface area contributed by atoms with E-state index < -0.39 is 5.97 Å². The molecule has 1 aromatic rings. The van der Waals surface area contributed by atoms with E-state index in [2.05, 4.69) is 5.32 Å². The van der Waals surface area contributed by atoms with E-state index in [1.807, 2.05) is 6.07 Å². The molecule has 1 aliphatic rings. The minimum absolute atomic E-state index is 0.111. The Kier molecular flexibility index (Phi) is 4.84. The predicted molar refractivity (Wildman–Crippen MR) is 75.5 cm³/mol. The molecule has 22 heavy (non-hydrogen) atoms. The Bertz CT molecular complexity index is 617. The first-order valence-corrected chi connectivity index (χ1v) is 6.76. The third-order valence-electron chi connectivity index (χ3n) is 3.50. The molecule has 1 amide bonds. The van der Waals surface area contributed by atoms with Crippen LogP contribution in [0, 0.1) is 17.2 Å². The lowest BCUT2D eigenvalue weighted by atomic mass is 9.80. The fraction of sp³-hybridized carbons (Fsp3) is 0.400. The lowest BCUT2D eigenvalue weighted by molar-refractivity contribution is -0.146. The van der Waals surface area contributed by atoms with Crippen LogP contribution in [0.2, 0.25) is 0 Å². The SMILES string of the molecule is COc1cc(C#N)ccc1OCC(=O)NC1CC(C(=O)O)C1. The summed E-state index contributed by atoms with van der Waals surface area (Å²) in [4.78, 5) is 22.4. The smallest absolute Gasteiger partial charge is 0.306 e. The molecule has 0 heterocycles. The van der Waals surface area contributed by atoms with Gasteiger partial charge >= 0.3 is 5.97 Å². The van der Waals surface area contributed by atoms with Gasteiger partial charge in [0.25, 0.3) is 5.91 Å². The number of hydrogen-bond acceptors (Lipinski definition) is 5. The van der Waals surface area contributed by atoms with Crippen LogP contribution in [-0.4, -0.2) is 36.7 Å². The maximum Gasteiger partial charge on any atom is 0.306 e. The maximum absolute atomic E-state index is 11.7. The maximum atomic E-state index is 11.7. The van der Waals surface area contributed by atoms with Crippen molar-refractivity contribution in [3.05, 3.63) is 23.8 Å². The van der Waals surface area contributed by atoms with Gasteiger partial charge in [-0.05, 0) is 25.0 Å². The molecular weight excluding hydrogens is 288 g/mol. The first-order chi connectivity index (χ1) is 10.5. The lowest BCUT2D eigenvalue weighted by Crippen LogP contribution is -2.48. The third-order valence-corrected chi connectivity index (χ3v) is 3.50. The van der Waals surface area contributed by atoms with E-state index in [1.165, 1.54) is 13.2 Å². The monoisotopic (exact) mass is 304 g/mol. The molecule has 0 atom stereocenters. The van der Waals surface area contributed by atoms with Gasteiger partial charge in [0, 0.05) is 12.1 Å². The minimum Gasteiger partial charge on any atom is -0.493 e. The van der Waals surface area contributed by atoms with E-state index in [1.54, 1.807) is 12.1 Å². The zero-order valence-corrected chi connectivity index (χ0v) is 12.0. The number of aliphatic carboxylic acids is 1. The zero-order valence-electron chi connectivity index (χ0n) is 12.0. The lowest BCUT2D eigenvalue weighted by Gasteiger charge is -2.32. The molecule has 0 saturated heterocycles. The fourth-order valence-corrected chi connectivity index (χ4v) is 2.21. The van der Waals surface area contributed by atoms with Gasteiger partial charge in [-0.15, -0.1) is 0 Å². The van der Waals surface area contributed by atoms with Gasteiger partial charge in [-0.25, -0.2) is 0 Å². The van der Waals surface area contributed by atoms with E-state index in [-0.39, 0.29) is 24.5 Å². The summed E-state index contributed by atoms with van der Waals surface area (Å²) in [5, 5.41) is 20.3. The third kappa shape index (κ3) is 3.67. The van der Waals surface area contributed by atoms with Gasteiger partial charge in [0.2, 0.25) is 0 Å². The normalized spacial score (nSPS) is 19.5. The highest BCUT2D eigenvalue weighted by atomic mass is 16.5. The number of amides is 1. The van der Waals surface area contributed by atoms with E-state index in [0.29, 0.717) is 29.9 Å². The first kappa shape index (κ1) is 15.6. The van der Waals surface area contributed by atoms with Crippen LogP contribution >= 0.6 is 0 Å². The second kappa shape index (κ2) is 6.80. The van der Waals surface area contributed by atoms with Crippen LogP contribution < -0.4 is 14.8 Å². The Hall–Kier alpha value is -2.75. The highest BCUT2D eigenvalue weighted by molar-refractivity contribution is 5.79. The number of carbonyl (C=O) groups is 2. The van der Waals surface area contributed by atoms with Crippen molar-refractivity contribution in [2.75, 3.05) is 13.7 Å². The fourth-order valence-electron chi connectivity index (χ4n) is 2.21. The number of carboxylic acid groups (broad SMARTS) is 1. The van der Waals surface area contributed by atoms with Crippen LogP contribution in [0.3, 0.4) is 0 Å². The number of carbonyl (C=O) groups excluding carboxylic acids is 1. The molecule has 7 nitrogen and oxygen atoms in total. The second-order valence-electron chi connectivity index (χ2n) is 5.04. The molecule has 1 fully saturated rings. The van der Waals surface area contributed by atoms with Crippen LogP contribution in [-0.2, 0) is 9.59 Å². The van der Waals surface area contributed by atoms with Gasteiger partial charge in [0.1, 0.15) is 0 Å². The van der Waals surface area contributed by atoms with Crippen molar-refractivity contribution < 1.29 is 24.2 Å². The number of rotatable bonds is 6. The van der Waals surface area contributed by atoms with Crippen molar-refractivity contribution in [1.29, 1.82) is 5.26 Å². The molecular formula is C15H16N2O5. The van der Waals surface area contributed by atoms with E-state index >= 15 is 0 Å². The Morgan fingerprint density at radius 1 is 1.41 bits per heavy atom. The number of nitrogens with zero attached hydrogens (tertiary/aromatic N) is 1. The Morgan fingerprint density at radius 3 is 2.73 bits per heavy atom. The largest absolute Gasteiger partial charge is 0.493 e. The van der Waals surface area contributed by atoms with Crippen molar-refractivity contribution in [3.63, 3.8) is 0 Å². The van der Waals surface area contributed by atoms with Crippen LogP contribution in [0.25, 0.3) is 0 Å². The molecule has 2 rings (SSSR count). The number of methoxy groups -OCH3 is 1. The highest BCUT2D eigenvalue weighted by Crippen LogP contribution is 2.29. The van der Waals surface area contributed by atoms with Crippen LogP contribution in [0.4, 0.5) is 0 Å². The Morgan fingerprint density at radius 2 is 2.14 bits per heavy atom. The van der Waals surface area contributed by atoms with Crippen molar-refractivity contribution in [1.82, 2.24) is 5.32 Å². The van der Waals surface area contributed by atoms with E-state index in [4.69, 9.17) is 19.8 Å². The molecule has 2 N–H and O–H groups in total. The molecule has 116 valence electrons. The Labute approximate surface area is 127 Å². The van der Waals surface area contributed by atoms with Gasteiger partial charge in [0.15, 0.2) is 18.1 Å². The summed E-state index contributed by atoms with van der Waals surface area (Å²) in [6.45, 7) is -0.198. The van der Waals surface area contributed by atoms with Gasteiger partial charge in [-0.1, -0.05) is 0 Å². The van der Waals surface area contributed by atoms with Crippen LogP contribution in [0.1, 0.15) is 18.4 Å². The van der Waals surface area contributed by atoms with Crippen molar-refractivity contribution in [2.45, 2.75) is 18.9 Å². The first-order valence-electron chi connectivity index (χ1n) is 6.76. The summed E-state index contributed by atoms with van der Waals surface area (Å²) in [5.41, 5.74) is 0.433. The number of nitriles is 1. The average Bonchev–Trinajstić information content (AvgIpc) is 2.47. The second-order valence-corrected chi connectivity index (χ2v) is 5.04. The molecule has 0 unspecified atom stereocenters. The molecule has 1 aromatic carbocycles. The summed E-state index contributed by atoms with van der Waals surface area (Å²) in [5.74, 6) is -0.774. The molecule has 1 aliphatic carbocycles. The van der Waals surface area contributed by atoms with Crippen molar-refractivity contribution in [2.24, 2.45) is 5.92 Å². The molecule has 0 aliphatic heterocycles. The van der Waals surface area contributed by atoms with Gasteiger partial charge < -0.3 is 19.9 Å². The van der Waals surface area contributed by atoms with Gasteiger partial charge in [-0.3, -0.25) is 9.59 Å². The summed E-state index contributed by atoms with van der Waals surface area (Å²) in [6, 6.07) is 6.53. The summed E-state index contributed by atoms with van der Waals surface area (Å²) in [6.07, 6.45) is 0.891. The van der Waals surface area contributed by atoms with E-state index in [0.717, 1.165) is 0 Å². The molecule has 0 radical (unpaired) electrons. The number of nitrogens with one attached hydrogen (secondary N) is 1. The highest BCUT2D eigenvalue weighted by Gasteiger charge is 2.35. The summed E-state index contributed by atoms with van der Waals surface area (Å²) in [7, 11) is 1.45. The number of ether oxygens (including phenoxy) is 2. The average molecular weight is 304 g/mol. The number of benzene rings is 1. The standard InChI is InChI=1S/C15H16N2O5/c1-21-13-4-9(7-16)2-3-12(13)22-8-14(18)17-11-5-10(6-11)15(19)20/h2-4,10-11H,5-6,8H2,1H3,(H,17,18)(H,19,20). The van der Waals surface area contributed by atoms with E-state index in [9.17, 15) is 9.59 Å². The topological polar surface area (TPSA) is 109 Å². The number of carboxylic acids is 1. The minimum atomic E-state index is -0.830. The van der Waals surface area contributed by atoms with Crippen LogP contribution in [0.15, 0.2) is 18.2 Å². The molecule has 7 heteroatoms. The quantitative estimate of drug-likeness (QED) is 0.809. The van der Waals surface area contributed by atoms with Gasteiger partial charge in [-0.2, -0.15) is 5.26 Å². The Balaban J connectivity index is 1.82. The molecule has 0 bridgehead atoms. The summed E-state index contributed by atoms with van der Waals surface area (Å²) >= 11 is 0. The van der Waals surface area contributed by atoms with Crippen molar-refractivity contribution in [3.8, 4) is 17.6 Å². The molecule has 0 spiro atoms. The van der Waals surface area contributed by atoms with Crippen molar-refractivity contribution >= 4 is 11.9 Å². The number of hydrogen-bond donors (Lipinski definition) is 2. The molecule has 1 saturated carbocycles. The zero-order chi connectivity index (χ0) is 16.1. The molecule has 0 aromatic heterocycles. The predicted octanol–water partition coefficient (Wildman–Crippen LogP) is 0.925. The van der Waals surface area contributed by atoms with Gasteiger partial charge in [0.05, 0.1) is 24.7 Å². The summed E-state index contributed by atoms with van der Waals surface area (Å²) < 4.78 is 10.5. The van der Waals surface area contributed by atoms with Crippen LogP contribution in [0.5, 0.6) is 11.5 Å².